The molecule has 0 unspecified atom stereocenters. The summed E-state index contributed by atoms with van der Waals surface area (Å²) in [5.41, 5.74) is 1.18. The summed E-state index contributed by atoms with van der Waals surface area (Å²) in [6, 6.07) is 10.0. The smallest absolute Gasteiger partial charge is 0.264 e. The minimum Gasteiger partial charge on any atom is -0.300 e. The average molecular weight is 418 g/mol. The quantitative estimate of drug-likeness (QED) is 0.591. The zero-order valence-electron chi connectivity index (χ0n) is 11.8. The Morgan fingerprint density at radius 1 is 0.958 bits per heavy atom. The van der Waals surface area contributed by atoms with Crippen LogP contribution in [0, 0.1) is 0 Å². The van der Waals surface area contributed by atoms with Crippen LogP contribution in [0.2, 0.25) is 20.1 Å². The minimum atomic E-state index is -0.261. The number of hydrogen-bond acceptors (Lipinski definition) is 3. The summed E-state index contributed by atoms with van der Waals surface area (Å²) >= 11 is 25.2. The number of thioether (sulfide) groups is 1. The number of carbonyl (C=O) groups excluding carboxylic acids is 1. The molecule has 8 heteroatoms. The second kappa shape index (κ2) is 7.38. The molecule has 1 amide bonds. The number of amides is 1. The van der Waals surface area contributed by atoms with E-state index in [2.05, 4.69) is 10.3 Å². The Morgan fingerprint density at radius 2 is 1.67 bits per heavy atom. The van der Waals surface area contributed by atoms with Crippen molar-refractivity contribution in [2.24, 2.45) is 4.99 Å². The molecule has 1 saturated heterocycles. The van der Waals surface area contributed by atoms with Gasteiger partial charge in [0.1, 0.15) is 0 Å². The average Bonchev–Trinajstić information content (AvgIpc) is 2.85. The van der Waals surface area contributed by atoms with Crippen molar-refractivity contribution < 1.29 is 4.79 Å². The number of benzene rings is 2. The Bertz CT molecular complexity index is 896. The third-order valence-corrected chi connectivity index (χ3v) is 5.06. The third kappa shape index (κ3) is 4.08. The molecule has 0 bridgehead atoms. The van der Waals surface area contributed by atoms with E-state index < -0.39 is 0 Å². The molecule has 2 aromatic rings. The van der Waals surface area contributed by atoms with Gasteiger partial charge in [-0.05, 0) is 53.7 Å². The van der Waals surface area contributed by atoms with Gasteiger partial charge in [0, 0.05) is 15.1 Å². The largest absolute Gasteiger partial charge is 0.300 e. The molecule has 1 N–H and O–H groups in total. The monoisotopic (exact) mass is 416 g/mol. The Kier molecular flexibility index (Phi) is 5.42. The summed E-state index contributed by atoms with van der Waals surface area (Å²) < 4.78 is 0. The first-order valence-electron chi connectivity index (χ1n) is 6.62. The second-order valence-electron chi connectivity index (χ2n) is 4.74. The predicted molar refractivity (Wildman–Crippen MR) is 104 cm³/mol. The van der Waals surface area contributed by atoms with Gasteiger partial charge in [0.25, 0.3) is 5.91 Å². The zero-order valence-corrected chi connectivity index (χ0v) is 15.7. The third-order valence-electron chi connectivity index (χ3n) is 3.03. The van der Waals surface area contributed by atoms with Gasteiger partial charge in [0.05, 0.1) is 15.6 Å². The number of carbonyl (C=O) groups is 1. The molecule has 0 aliphatic carbocycles. The van der Waals surface area contributed by atoms with Crippen LogP contribution in [0.3, 0.4) is 0 Å². The van der Waals surface area contributed by atoms with Crippen molar-refractivity contribution in [1.29, 1.82) is 0 Å². The van der Waals surface area contributed by atoms with Crippen LogP contribution >= 0.6 is 58.2 Å². The normalized spacial score (nSPS) is 17.6. The van der Waals surface area contributed by atoms with Crippen molar-refractivity contribution in [3.05, 3.63) is 67.0 Å². The van der Waals surface area contributed by atoms with E-state index in [1.807, 2.05) is 0 Å². The SMILES string of the molecule is O=C1NC(=Nc2cc(Cl)ccc2Cl)S/C1=C\c1ccc(Cl)cc1Cl. The first-order valence-corrected chi connectivity index (χ1v) is 8.95. The van der Waals surface area contributed by atoms with Gasteiger partial charge >= 0.3 is 0 Å². The molecular formula is C16H8Cl4N2OS. The summed E-state index contributed by atoms with van der Waals surface area (Å²) in [6.45, 7) is 0. The molecule has 3 rings (SSSR count). The van der Waals surface area contributed by atoms with Crippen LogP contribution in [0.1, 0.15) is 5.56 Å². The van der Waals surface area contributed by atoms with E-state index in [0.717, 1.165) is 0 Å². The van der Waals surface area contributed by atoms with Crippen LogP contribution in [-0.4, -0.2) is 11.1 Å². The fraction of sp³-hybridized carbons (Fsp3) is 0. The molecule has 2 aromatic carbocycles. The summed E-state index contributed by atoms with van der Waals surface area (Å²) in [4.78, 5) is 16.9. The van der Waals surface area contributed by atoms with E-state index >= 15 is 0 Å². The number of amidine groups is 1. The van der Waals surface area contributed by atoms with Crippen LogP contribution in [0.5, 0.6) is 0 Å². The van der Waals surface area contributed by atoms with Crippen molar-refractivity contribution in [3.8, 4) is 0 Å². The first-order chi connectivity index (χ1) is 11.4. The lowest BCUT2D eigenvalue weighted by atomic mass is 10.2. The lowest BCUT2D eigenvalue weighted by molar-refractivity contribution is -0.115. The molecular weight excluding hydrogens is 410 g/mol. The zero-order chi connectivity index (χ0) is 17.3. The van der Waals surface area contributed by atoms with Crippen LogP contribution in [-0.2, 0) is 4.79 Å². The Balaban J connectivity index is 1.89. The fourth-order valence-electron chi connectivity index (χ4n) is 1.92. The standard InChI is InChI=1S/C16H8Cl4N2OS/c17-9-2-1-8(12(20)6-9)5-14-15(23)22-16(24-14)21-13-7-10(18)3-4-11(13)19/h1-7H,(H,21,22,23)/b14-5-. The van der Waals surface area contributed by atoms with E-state index in [0.29, 0.717) is 41.4 Å². The summed E-state index contributed by atoms with van der Waals surface area (Å²) in [5.74, 6) is -0.261. The van der Waals surface area contributed by atoms with Gasteiger partial charge in [-0.1, -0.05) is 52.5 Å². The van der Waals surface area contributed by atoms with Crippen molar-refractivity contribution in [2.75, 3.05) is 0 Å². The van der Waals surface area contributed by atoms with E-state index in [4.69, 9.17) is 46.4 Å². The van der Waals surface area contributed by atoms with Crippen LogP contribution < -0.4 is 5.32 Å². The highest BCUT2D eigenvalue weighted by Gasteiger charge is 2.24. The number of nitrogens with one attached hydrogen (secondary N) is 1. The molecule has 24 heavy (non-hydrogen) atoms. The number of halogens is 4. The summed E-state index contributed by atoms with van der Waals surface area (Å²) in [5, 5.41) is 5.05. The lowest BCUT2D eigenvalue weighted by Gasteiger charge is -2.00. The van der Waals surface area contributed by atoms with E-state index in [1.54, 1.807) is 42.5 Å². The topological polar surface area (TPSA) is 41.5 Å². The Hall–Kier alpha value is -1.17. The Morgan fingerprint density at radius 3 is 2.42 bits per heavy atom. The van der Waals surface area contributed by atoms with Gasteiger partial charge in [0.15, 0.2) is 5.17 Å². The van der Waals surface area contributed by atoms with E-state index in [-0.39, 0.29) is 5.91 Å². The maximum absolute atomic E-state index is 12.1. The van der Waals surface area contributed by atoms with Crippen molar-refractivity contribution >= 4 is 81.0 Å². The highest BCUT2D eigenvalue weighted by Crippen LogP contribution is 2.33. The molecule has 0 radical (unpaired) electrons. The maximum atomic E-state index is 12.1. The molecule has 122 valence electrons. The predicted octanol–water partition coefficient (Wildman–Crippen LogP) is 6.19. The van der Waals surface area contributed by atoms with Gasteiger partial charge in [-0.2, -0.15) is 0 Å². The number of rotatable bonds is 2. The number of aliphatic imine (C=N–C) groups is 1. The van der Waals surface area contributed by atoms with Crippen molar-refractivity contribution in [1.82, 2.24) is 5.32 Å². The number of nitrogens with zero attached hydrogens (tertiary/aromatic N) is 1. The van der Waals surface area contributed by atoms with Crippen LogP contribution in [0.25, 0.3) is 6.08 Å². The lowest BCUT2D eigenvalue weighted by Crippen LogP contribution is -2.19. The van der Waals surface area contributed by atoms with Gasteiger partial charge in [0.2, 0.25) is 0 Å². The molecule has 0 spiro atoms. The van der Waals surface area contributed by atoms with Gasteiger partial charge < -0.3 is 5.32 Å². The molecule has 1 aliphatic rings. The molecule has 3 nitrogen and oxygen atoms in total. The van der Waals surface area contributed by atoms with Crippen molar-refractivity contribution in [2.45, 2.75) is 0 Å². The number of hydrogen-bond donors (Lipinski definition) is 1. The van der Waals surface area contributed by atoms with Crippen LogP contribution in [0.15, 0.2) is 46.3 Å². The summed E-state index contributed by atoms with van der Waals surface area (Å²) in [6.07, 6.45) is 1.68. The first kappa shape index (κ1) is 17.6. The molecule has 0 aromatic heterocycles. The molecule has 0 saturated carbocycles. The van der Waals surface area contributed by atoms with Gasteiger partial charge in [-0.3, -0.25) is 4.79 Å². The molecule has 0 atom stereocenters. The minimum absolute atomic E-state index is 0.261. The van der Waals surface area contributed by atoms with Crippen LogP contribution in [0.4, 0.5) is 5.69 Å². The Labute approximate surface area is 162 Å². The highest BCUT2D eigenvalue weighted by atomic mass is 35.5. The maximum Gasteiger partial charge on any atom is 0.264 e. The fourth-order valence-corrected chi connectivity index (χ4v) is 3.54. The molecule has 1 fully saturated rings. The second-order valence-corrected chi connectivity index (χ2v) is 7.46. The van der Waals surface area contributed by atoms with Gasteiger partial charge in [-0.25, -0.2) is 4.99 Å². The van der Waals surface area contributed by atoms with Crippen molar-refractivity contribution in [3.63, 3.8) is 0 Å². The molecule has 1 aliphatic heterocycles. The van der Waals surface area contributed by atoms with E-state index in [9.17, 15) is 4.79 Å². The molecule has 1 heterocycles. The summed E-state index contributed by atoms with van der Waals surface area (Å²) in [7, 11) is 0. The van der Waals surface area contributed by atoms with Gasteiger partial charge in [-0.15, -0.1) is 0 Å². The van der Waals surface area contributed by atoms with E-state index in [1.165, 1.54) is 11.8 Å². The highest BCUT2D eigenvalue weighted by molar-refractivity contribution is 8.18.